The van der Waals surface area contributed by atoms with E-state index in [-0.39, 0.29) is 40.9 Å². The van der Waals surface area contributed by atoms with Gasteiger partial charge in [0, 0.05) is 19.6 Å². The van der Waals surface area contributed by atoms with E-state index in [1.54, 1.807) is 0 Å². The fraction of sp³-hybridized carbons (Fsp3) is 0.353. The summed E-state index contributed by atoms with van der Waals surface area (Å²) >= 11 is 0. The SMILES string of the molecule is COC(=O)c1c(C)oc(C)c1S(=O)(=O)NCc1ccc2c(c1)CNC2.Cl. The van der Waals surface area contributed by atoms with E-state index in [1.807, 2.05) is 18.2 Å². The normalized spacial score (nSPS) is 13.2. The van der Waals surface area contributed by atoms with Gasteiger partial charge in [0.2, 0.25) is 10.0 Å². The molecule has 0 spiro atoms. The molecule has 2 aromatic rings. The van der Waals surface area contributed by atoms with E-state index in [4.69, 9.17) is 4.42 Å². The third-order valence-electron chi connectivity index (χ3n) is 4.23. The Hall–Kier alpha value is -1.87. The summed E-state index contributed by atoms with van der Waals surface area (Å²) in [5.74, 6) is -0.366. The first-order valence-electron chi connectivity index (χ1n) is 7.83. The highest BCUT2D eigenvalue weighted by atomic mass is 35.5. The third kappa shape index (κ3) is 3.78. The summed E-state index contributed by atoms with van der Waals surface area (Å²) in [6, 6.07) is 5.86. The minimum absolute atomic E-state index is 0. The summed E-state index contributed by atoms with van der Waals surface area (Å²) in [7, 11) is -2.73. The summed E-state index contributed by atoms with van der Waals surface area (Å²) < 4.78 is 38.0. The fourth-order valence-corrected chi connectivity index (χ4v) is 4.45. The van der Waals surface area contributed by atoms with Crippen LogP contribution in [0.1, 0.15) is 38.6 Å². The maximum Gasteiger partial charge on any atom is 0.342 e. The largest absolute Gasteiger partial charge is 0.465 e. The van der Waals surface area contributed by atoms with Crippen LogP contribution in [0, 0.1) is 13.8 Å². The summed E-state index contributed by atoms with van der Waals surface area (Å²) in [6.07, 6.45) is 0. The monoisotopic (exact) mass is 400 g/mol. The molecule has 1 aliphatic rings. The smallest absolute Gasteiger partial charge is 0.342 e. The van der Waals surface area contributed by atoms with Gasteiger partial charge in [0.05, 0.1) is 7.11 Å². The highest BCUT2D eigenvalue weighted by molar-refractivity contribution is 7.89. The number of ether oxygens (including phenoxy) is 1. The molecule has 2 N–H and O–H groups in total. The van der Waals surface area contributed by atoms with Crippen LogP contribution in [0.4, 0.5) is 0 Å². The van der Waals surface area contributed by atoms with Crippen LogP contribution < -0.4 is 10.0 Å². The van der Waals surface area contributed by atoms with Crippen LogP contribution in [0.2, 0.25) is 0 Å². The van der Waals surface area contributed by atoms with Crippen molar-refractivity contribution in [2.24, 2.45) is 0 Å². The van der Waals surface area contributed by atoms with Crippen molar-refractivity contribution in [1.82, 2.24) is 10.0 Å². The fourth-order valence-electron chi connectivity index (χ4n) is 3.03. The second kappa shape index (κ2) is 7.79. The van der Waals surface area contributed by atoms with E-state index < -0.39 is 16.0 Å². The Morgan fingerprint density at radius 3 is 2.62 bits per heavy atom. The number of carbonyl (C=O) groups excluding carboxylic acids is 1. The molecule has 0 unspecified atom stereocenters. The highest BCUT2D eigenvalue weighted by Crippen LogP contribution is 2.27. The van der Waals surface area contributed by atoms with Gasteiger partial charge in [0.1, 0.15) is 22.0 Å². The Morgan fingerprint density at radius 1 is 1.23 bits per heavy atom. The third-order valence-corrected chi connectivity index (χ3v) is 5.78. The van der Waals surface area contributed by atoms with Gasteiger partial charge in [0.25, 0.3) is 0 Å². The first-order valence-corrected chi connectivity index (χ1v) is 9.31. The van der Waals surface area contributed by atoms with Crippen LogP contribution in [0.25, 0.3) is 0 Å². The first kappa shape index (κ1) is 20.4. The number of furan rings is 1. The van der Waals surface area contributed by atoms with E-state index in [9.17, 15) is 13.2 Å². The van der Waals surface area contributed by atoms with Gasteiger partial charge < -0.3 is 14.5 Å². The van der Waals surface area contributed by atoms with Crippen molar-refractivity contribution in [2.75, 3.05) is 7.11 Å². The number of benzene rings is 1. The van der Waals surface area contributed by atoms with Crippen molar-refractivity contribution in [3.63, 3.8) is 0 Å². The van der Waals surface area contributed by atoms with Crippen molar-refractivity contribution in [1.29, 1.82) is 0 Å². The van der Waals surface area contributed by atoms with Crippen LogP contribution in [0.3, 0.4) is 0 Å². The van der Waals surface area contributed by atoms with E-state index in [2.05, 4.69) is 14.8 Å². The van der Waals surface area contributed by atoms with E-state index in [0.717, 1.165) is 18.7 Å². The van der Waals surface area contributed by atoms with Crippen LogP contribution >= 0.6 is 12.4 Å². The molecule has 3 rings (SSSR count). The van der Waals surface area contributed by atoms with Gasteiger partial charge in [-0.15, -0.1) is 12.4 Å². The molecule has 1 aliphatic heterocycles. The van der Waals surface area contributed by atoms with Gasteiger partial charge in [-0.2, -0.15) is 0 Å². The van der Waals surface area contributed by atoms with Crippen LogP contribution in [-0.4, -0.2) is 21.5 Å². The molecule has 26 heavy (non-hydrogen) atoms. The van der Waals surface area contributed by atoms with Gasteiger partial charge in [-0.3, -0.25) is 0 Å². The molecule has 9 heteroatoms. The van der Waals surface area contributed by atoms with Gasteiger partial charge in [-0.25, -0.2) is 17.9 Å². The van der Waals surface area contributed by atoms with Crippen molar-refractivity contribution in [3.05, 3.63) is 52.0 Å². The standard InChI is InChI=1S/C17H20N2O5S.ClH/c1-10-15(17(20)23-3)16(11(2)24-10)25(21,22)19-7-12-4-5-13-8-18-9-14(13)6-12;/h4-6,18-19H,7-9H2,1-3H3;1H. The predicted molar refractivity (Wildman–Crippen MR) is 97.8 cm³/mol. The molecule has 0 radical (unpaired) electrons. The molecule has 0 saturated heterocycles. The van der Waals surface area contributed by atoms with Crippen molar-refractivity contribution in [2.45, 2.75) is 38.4 Å². The molecule has 0 atom stereocenters. The predicted octanol–water partition coefficient (Wildman–Crippen LogP) is 2.19. The number of hydrogen-bond donors (Lipinski definition) is 2. The lowest BCUT2D eigenvalue weighted by Gasteiger charge is -2.09. The number of esters is 1. The summed E-state index contributed by atoms with van der Waals surface area (Å²) in [5, 5.41) is 3.25. The second-order valence-electron chi connectivity index (χ2n) is 5.94. The molecule has 0 aliphatic carbocycles. The first-order chi connectivity index (χ1) is 11.8. The molecule has 2 heterocycles. The van der Waals surface area contributed by atoms with Crippen LogP contribution in [0.15, 0.2) is 27.5 Å². The van der Waals surface area contributed by atoms with Gasteiger partial charge >= 0.3 is 5.97 Å². The van der Waals surface area contributed by atoms with Crippen LogP contribution in [-0.2, 0) is 34.4 Å². The zero-order valence-electron chi connectivity index (χ0n) is 14.7. The number of carbonyl (C=O) groups is 1. The number of aryl methyl sites for hydroxylation is 2. The molecule has 0 fully saturated rings. The number of hydrogen-bond acceptors (Lipinski definition) is 6. The Morgan fingerprint density at radius 2 is 1.92 bits per heavy atom. The zero-order chi connectivity index (χ0) is 18.2. The summed E-state index contributed by atoms with van der Waals surface area (Å²) in [6.45, 7) is 4.78. The van der Waals surface area contributed by atoms with Crippen molar-refractivity contribution in [3.8, 4) is 0 Å². The molecule has 0 amide bonds. The maximum atomic E-state index is 12.7. The molecular weight excluding hydrogens is 380 g/mol. The van der Waals surface area contributed by atoms with E-state index >= 15 is 0 Å². The Bertz CT molecular complexity index is 937. The number of halogens is 1. The molecule has 1 aromatic heterocycles. The number of nitrogens with one attached hydrogen (secondary N) is 2. The Kier molecular flexibility index (Phi) is 6.13. The Labute approximate surface area is 158 Å². The van der Waals surface area contributed by atoms with E-state index in [1.165, 1.54) is 32.1 Å². The van der Waals surface area contributed by atoms with Crippen molar-refractivity contribution < 1.29 is 22.4 Å². The highest BCUT2D eigenvalue weighted by Gasteiger charge is 2.31. The molecule has 0 bridgehead atoms. The lowest BCUT2D eigenvalue weighted by Crippen LogP contribution is -2.25. The lowest BCUT2D eigenvalue weighted by atomic mass is 10.1. The number of methoxy groups -OCH3 is 1. The van der Waals surface area contributed by atoms with Gasteiger partial charge in [-0.05, 0) is 30.5 Å². The maximum absolute atomic E-state index is 12.7. The quantitative estimate of drug-likeness (QED) is 0.746. The minimum atomic E-state index is -3.93. The van der Waals surface area contributed by atoms with Crippen LogP contribution in [0.5, 0.6) is 0 Å². The van der Waals surface area contributed by atoms with Crippen molar-refractivity contribution >= 4 is 28.4 Å². The number of rotatable bonds is 5. The second-order valence-corrected chi connectivity index (χ2v) is 7.65. The topological polar surface area (TPSA) is 97.6 Å². The minimum Gasteiger partial charge on any atom is -0.465 e. The van der Waals surface area contributed by atoms with Gasteiger partial charge in [0.15, 0.2) is 0 Å². The molecule has 7 nitrogen and oxygen atoms in total. The molecule has 142 valence electrons. The molecule has 1 aromatic carbocycles. The average molecular weight is 401 g/mol. The Balaban J connectivity index is 0.00000243. The van der Waals surface area contributed by atoms with E-state index in [0.29, 0.717) is 0 Å². The average Bonchev–Trinajstić information content (AvgIpc) is 3.15. The summed E-state index contributed by atoms with van der Waals surface area (Å²) in [4.78, 5) is 11.8. The number of fused-ring (bicyclic) bond motifs is 1. The lowest BCUT2D eigenvalue weighted by molar-refractivity contribution is 0.0595. The number of sulfonamides is 1. The molecular formula is C17H21ClN2O5S. The zero-order valence-corrected chi connectivity index (χ0v) is 16.3. The van der Waals surface area contributed by atoms with Gasteiger partial charge in [-0.1, -0.05) is 18.2 Å². The molecule has 0 saturated carbocycles. The summed E-state index contributed by atoms with van der Waals surface area (Å²) in [5.41, 5.74) is 3.18.